The fourth-order valence-corrected chi connectivity index (χ4v) is 1.17. The average Bonchev–Trinajstić information content (AvgIpc) is 2.01. The van der Waals surface area contributed by atoms with Crippen molar-refractivity contribution in [2.24, 2.45) is 0 Å². The zero-order chi connectivity index (χ0) is 8.97. The predicted octanol–water partition coefficient (Wildman–Crippen LogP) is 0.802. The van der Waals surface area contributed by atoms with Crippen LogP contribution in [-0.4, -0.2) is 18.1 Å². The van der Waals surface area contributed by atoms with E-state index in [4.69, 9.17) is 0 Å². The summed E-state index contributed by atoms with van der Waals surface area (Å²) in [7, 11) is 0. The maximum atomic E-state index is 10.9. The number of rotatable bonds is 3. The van der Waals surface area contributed by atoms with Gasteiger partial charge in [-0.3, -0.25) is 9.59 Å². The van der Waals surface area contributed by atoms with Gasteiger partial charge in [0.25, 0.3) is 0 Å². The van der Waals surface area contributed by atoms with Gasteiger partial charge >= 0.3 is 0 Å². The standard InChI is InChI=1S/C9H13NO2/c1-7(11)6-10-8-3-2-4-9(12)5-8/h5,10H,2-4,6H2,1H3. The van der Waals surface area contributed by atoms with Gasteiger partial charge in [-0.2, -0.15) is 0 Å². The fourth-order valence-electron chi connectivity index (χ4n) is 1.17. The van der Waals surface area contributed by atoms with Crippen LogP contribution in [0.4, 0.5) is 0 Å². The summed E-state index contributed by atoms with van der Waals surface area (Å²) in [5.41, 5.74) is 0.904. The van der Waals surface area contributed by atoms with E-state index in [0.717, 1.165) is 18.5 Å². The van der Waals surface area contributed by atoms with Crippen molar-refractivity contribution in [3.63, 3.8) is 0 Å². The van der Waals surface area contributed by atoms with Crippen molar-refractivity contribution in [2.75, 3.05) is 6.54 Å². The molecule has 0 saturated carbocycles. The van der Waals surface area contributed by atoms with Crippen LogP contribution in [0.3, 0.4) is 0 Å². The van der Waals surface area contributed by atoms with Crippen molar-refractivity contribution in [3.05, 3.63) is 11.8 Å². The van der Waals surface area contributed by atoms with Crippen LogP contribution in [0.15, 0.2) is 11.8 Å². The van der Waals surface area contributed by atoms with E-state index in [1.54, 1.807) is 6.08 Å². The molecule has 0 aromatic rings. The van der Waals surface area contributed by atoms with Gasteiger partial charge in [0.05, 0.1) is 6.54 Å². The monoisotopic (exact) mass is 167 g/mol. The molecule has 1 aliphatic rings. The quantitative estimate of drug-likeness (QED) is 0.676. The Morgan fingerprint density at radius 2 is 2.33 bits per heavy atom. The minimum Gasteiger partial charge on any atom is -0.381 e. The lowest BCUT2D eigenvalue weighted by Crippen LogP contribution is -2.22. The molecule has 66 valence electrons. The van der Waals surface area contributed by atoms with Gasteiger partial charge in [0.2, 0.25) is 0 Å². The van der Waals surface area contributed by atoms with Crippen LogP contribution in [0.2, 0.25) is 0 Å². The van der Waals surface area contributed by atoms with Crippen LogP contribution in [0.25, 0.3) is 0 Å². The van der Waals surface area contributed by atoms with Gasteiger partial charge in [-0.25, -0.2) is 0 Å². The lowest BCUT2D eigenvalue weighted by molar-refractivity contribution is -0.117. The Kier molecular flexibility index (Phi) is 3.02. The number of ketones is 2. The van der Waals surface area contributed by atoms with Crippen molar-refractivity contribution >= 4 is 11.6 Å². The van der Waals surface area contributed by atoms with Crippen molar-refractivity contribution in [1.82, 2.24) is 5.32 Å². The first-order chi connectivity index (χ1) is 5.68. The molecule has 0 radical (unpaired) electrons. The fraction of sp³-hybridized carbons (Fsp3) is 0.556. The molecule has 3 nitrogen and oxygen atoms in total. The first-order valence-corrected chi connectivity index (χ1v) is 4.15. The molecule has 0 spiro atoms. The summed E-state index contributed by atoms with van der Waals surface area (Å²) in [4.78, 5) is 21.5. The molecule has 12 heavy (non-hydrogen) atoms. The Balaban J connectivity index is 2.40. The Morgan fingerprint density at radius 3 is 2.92 bits per heavy atom. The number of carbonyl (C=O) groups excluding carboxylic acids is 2. The summed E-state index contributed by atoms with van der Waals surface area (Å²) in [6.07, 6.45) is 4.03. The molecule has 0 unspecified atom stereocenters. The van der Waals surface area contributed by atoms with E-state index < -0.39 is 0 Å². The predicted molar refractivity (Wildman–Crippen MR) is 45.6 cm³/mol. The molecular formula is C9H13NO2. The number of allylic oxidation sites excluding steroid dienone is 2. The van der Waals surface area contributed by atoms with Gasteiger partial charge in [-0.1, -0.05) is 0 Å². The molecule has 1 N–H and O–H groups in total. The number of carbonyl (C=O) groups is 2. The molecule has 3 heteroatoms. The molecule has 0 bridgehead atoms. The summed E-state index contributed by atoms with van der Waals surface area (Å²) in [5.74, 6) is 0.251. The van der Waals surface area contributed by atoms with E-state index in [2.05, 4.69) is 5.32 Å². The SMILES string of the molecule is CC(=O)CNC1=CC(=O)CCC1. The molecule has 0 atom stereocenters. The Labute approximate surface area is 71.8 Å². The van der Waals surface area contributed by atoms with Gasteiger partial charge in [0.15, 0.2) is 5.78 Å². The highest BCUT2D eigenvalue weighted by Gasteiger charge is 2.09. The third kappa shape index (κ3) is 2.86. The van der Waals surface area contributed by atoms with Gasteiger partial charge in [0.1, 0.15) is 5.78 Å². The van der Waals surface area contributed by atoms with Gasteiger partial charge in [-0.15, -0.1) is 0 Å². The molecule has 0 aliphatic heterocycles. The van der Waals surface area contributed by atoms with E-state index in [1.807, 2.05) is 0 Å². The normalized spacial score (nSPS) is 17.1. The van der Waals surface area contributed by atoms with E-state index >= 15 is 0 Å². The number of nitrogens with one attached hydrogen (secondary N) is 1. The number of Topliss-reactive ketones (excluding diaryl/α,β-unsaturated/α-hetero) is 1. The van der Waals surface area contributed by atoms with Crippen LogP contribution >= 0.6 is 0 Å². The topological polar surface area (TPSA) is 46.2 Å². The molecule has 0 aromatic carbocycles. The van der Waals surface area contributed by atoms with E-state index in [9.17, 15) is 9.59 Å². The van der Waals surface area contributed by atoms with Gasteiger partial charge < -0.3 is 5.32 Å². The molecule has 0 amide bonds. The minimum atomic E-state index is 0.0916. The van der Waals surface area contributed by atoms with Gasteiger partial charge in [0, 0.05) is 18.2 Å². The summed E-state index contributed by atoms with van der Waals surface area (Å²) >= 11 is 0. The zero-order valence-corrected chi connectivity index (χ0v) is 7.22. The largest absolute Gasteiger partial charge is 0.381 e. The van der Waals surface area contributed by atoms with Gasteiger partial charge in [-0.05, 0) is 19.8 Å². The molecule has 0 saturated heterocycles. The highest BCUT2D eigenvalue weighted by atomic mass is 16.1. The Bertz CT molecular complexity index is 231. The average molecular weight is 167 g/mol. The highest BCUT2D eigenvalue weighted by molar-refractivity contribution is 5.91. The second-order valence-electron chi connectivity index (χ2n) is 3.05. The summed E-state index contributed by atoms with van der Waals surface area (Å²) < 4.78 is 0. The smallest absolute Gasteiger partial charge is 0.157 e. The molecule has 1 aliphatic carbocycles. The molecular weight excluding hydrogens is 154 g/mol. The molecule has 0 fully saturated rings. The third-order valence-corrected chi connectivity index (χ3v) is 1.77. The first kappa shape index (κ1) is 8.97. The van der Waals surface area contributed by atoms with Crippen LogP contribution in [0.5, 0.6) is 0 Å². The number of hydrogen-bond acceptors (Lipinski definition) is 3. The van der Waals surface area contributed by atoms with Crippen molar-refractivity contribution in [2.45, 2.75) is 26.2 Å². The van der Waals surface area contributed by atoms with Crippen molar-refractivity contribution in [1.29, 1.82) is 0 Å². The minimum absolute atomic E-state index is 0.0916. The summed E-state index contributed by atoms with van der Waals surface area (Å²) in [6, 6.07) is 0. The molecule has 0 aromatic heterocycles. The maximum Gasteiger partial charge on any atom is 0.157 e. The lowest BCUT2D eigenvalue weighted by Gasteiger charge is -2.12. The molecule has 0 heterocycles. The van der Waals surface area contributed by atoms with Crippen molar-refractivity contribution < 1.29 is 9.59 Å². The van der Waals surface area contributed by atoms with Crippen LogP contribution in [0, 0.1) is 0 Å². The number of hydrogen-bond donors (Lipinski definition) is 1. The Hall–Kier alpha value is -1.12. The maximum absolute atomic E-state index is 10.9. The van der Waals surface area contributed by atoms with Crippen molar-refractivity contribution in [3.8, 4) is 0 Å². The van der Waals surface area contributed by atoms with Crippen LogP contribution < -0.4 is 5.32 Å². The van der Waals surface area contributed by atoms with E-state index in [1.165, 1.54) is 6.92 Å². The molecule has 1 rings (SSSR count). The summed E-state index contributed by atoms with van der Waals surface area (Å²) in [6.45, 7) is 1.86. The van der Waals surface area contributed by atoms with Crippen LogP contribution in [0.1, 0.15) is 26.2 Å². The second-order valence-corrected chi connectivity index (χ2v) is 3.05. The first-order valence-electron chi connectivity index (χ1n) is 4.15. The van der Waals surface area contributed by atoms with E-state index in [0.29, 0.717) is 13.0 Å². The van der Waals surface area contributed by atoms with Crippen LogP contribution in [-0.2, 0) is 9.59 Å². The Morgan fingerprint density at radius 1 is 1.58 bits per heavy atom. The van der Waals surface area contributed by atoms with E-state index in [-0.39, 0.29) is 11.6 Å². The zero-order valence-electron chi connectivity index (χ0n) is 7.22. The highest BCUT2D eigenvalue weighted by Crippen LogP contribution is 2.11. The third-order valence-electron chi connectivity index (χ3n) is 1.77. The lowest BCUT2D eigenvalue weighted by atomic mass is 10.0. The summed E-state index contributed by atoms with van der Waals surface area (Å²) in [5, 5.41) is 2.94. The second kappa shape index (κ2) is 4.04.